The van der Waals surface area contributed by atoms with Crippen LogP contribution in [0.15, 0.2) is 0 Å². The molecule has 16 heavy (non-hydrogen) atoms. The van der Waals surface area contributed by atoms with E-state index in [2.05, 4.69) is 25.7 Å². The Hall–Kier alpha value is -0.0800. The Kier molecular flexibility index (Phi) is 5.77. The molecule has 1 unspecified atom stereocenters. The lowest BCUT2D eigenvalue weighted by Crippen LogP contribution is -2.29. The Morgan fingerprint density at radius 2 is 2.00 bits per heavy atom. The molecule has 1 rings (SSSR count). The van der Waals surface area contributed by atoms with Gasteiger partial charge in [0.15, 0.2) is 0 Å². The fourth-order valence-corrected chi connectivity index (χ4v) is 2.56. The maximum absolute atomic E-state index is 5.75. The second-order valence-electron chi connectivity index (χ2n) is 6.16. The quantitative estimate of drug-likeness (QED) is 0.781. The highest BCUT2D eigenvalue weighted by atomic mass is 15.1. The SMILES string of the molecule is CCC(CN)CCN1CCCC(C)(C)CC1. The first-order valence-corrected chi connectivity index (χ1v) is 7.00. The van der Waals surface area contributed by atoms with Gasteiger partial charge in [-0.1, -0.05) is 27.2 Å². The van der Waals surface area contributed by atoms with Crippen LogP contribution in [0, 0.1) is 11.3 Å². The van der Waals surface area contributed by atoms with Gasteiger partial charge in [-0.25, -0.2) is 0 Å². The van der Waals surface area contributed by atoms with Crippen molar-refractivity contribution >= 4 is 0 Å². The van der Waals surface area contributed by atoms with Gasteiger partial charge >= 0.3 is 0 Å². The number of hydrogen-bond donors (Lipinski definition) is 1. The Labute approximate surface area is 102 Å². The molecule has 1 aliphatic rings. The lowest BCUT2D eigenvalue weighted by atomic mass is 9.85. The van der Waals surface area contributed by atoms with E-state index in [0.717, 1.165) is 12.5 Å². The predicted octanol–water partition coefficient (Wildman–Crippen LogP) is 2.87. The summed E-state index contributed by atoms with van der Waals surface area (Å²) in [6.45, 7) is 11.8. The molecule has 0 bridgehead atoms. The largest absolute Gasteiger partial charge is 0.330 e. The topological polar surface area (TPSA) is 29.3 Å². The summed E-state index contributed by atoms with van der Waals surface area (Å²) in [5.74, 6) is 0.733. The molecule has 1 aliphatic heterocycles. The Morgan fingerprint density at radius 1 is 1.25 bits per heavy atom. The summed E-state index contributed by atoms with van der Waals surface area (Å²) in [6, 6.07) is 0. The van der Waals surface area contributed by atoms with Crippen LogP contribution in [-0.2, 0) is 0 Å². The molecule has 1 heterocycles. The Morgan fingerprint density at radius 3 is 2.62 bits per heavy atom. The third-order valence-corrected chi connectivity index (χ3v) is 4.20. The van der Waals surface area contributed by atoms with Crippen molar-refractivity contribution in [1.29, 1.82) is 0 Å². The van der Waals surface area contributed by atoms with Gasteiger partial charge in [-0.3, -0.25) is 0 Å². The highest BCUT2D eigenvalue weighted by molar-refractivity contribution is 4.76. The van der Waals surface area contributed by atoms with Crippen LogP contribution in [0.3, 0.4) is 0 Å². The van der Waals surface area contributed by atoms with Crippen molar-refractivity contribution in [2.75, 3.05) is 26.2 Å². The zero-order valence-electron chi connectivity index (χ0n) is 11.5. The van der Waals surface area contributed by atoms with Crippen LogP contribution in [0.5, 0.6) is 0 Å². The van der Waals surface area contributed by atoms with Crippen LogP contribution < -0.4 is 5.73 Å². The van der Waals surface area contributed by atoms with E-state index in [-0.39, 0.29) is 0 Å². The lowest BCUT2D eigenvalue weighted by Gasteiger charge is -2.24. The van der Waals surface area contributed by atoms with Crippen molar-refractivity contribution in [1.82, 2.24) is 4.90 Å². The molecule has 0 spiro atoms. The van der Waals surface area contributed by atoms with E-state index < -0.39 is 0 Å². The number of hydrogen-bond acceptors (Lipinski definition) is 2. The summed E-state index contributed by atoms with van der Waals surface area (Å²) in [4.78, 5) is 2.65. The summed E-state index contributed by atoms with van der Waals surface area (Å²) in [5, 5.41) is 0. The van der Waals surface area contributed by atoms with Gasteiger partial charge in [0.1, 0.15) is 0 Å². The molecule has 2 N–H and O–H groups in total. The van der Waals surface area contributed by atoms with Gasteiger partial charge in [0, 0.05) is 0 Å². The maximum atomic E-state index is 5.75. The first-order chi connectivity index (χ1) is 7.57. The second-order valence-corrected chi connectivity index (χ2v) is 6.16. The molecule has 0 saturated carbocycles. The first kappa shape index (κ1) is 14.0. The highest BCUT2D eigenvalue weighted by Crippen LogP contribution is 2.29. The summed E-state index contributed by atoms with van der Waals surface area (Å²) in [5.41, 5.74) is 6.32. The fourth-order valence-electron chi connectivity index (χ4n) is 2.56. The second kappa shape index (κ2) is 6.61. The van der Waals surface area contributed by atoms with Gasteiger partial charge in [-0.15, -0.1) is 0 Å². The van der Waals surface area contributed by atoms with Gasteiger partial charge in [-0.2, -0.15) is 0 Å². The predicted molar refractivity (Wildman–Crippen MR) is 71.5 cm³/mol. The molecule has 0 aliphatic carbocycles. The number of rotatable bonds is 5. The first-order valence-electron chi connectivity index (χ1n) is 7.00. The average molecular weight is 226 g/mol. The Balaban J connectivity index is 2.27. The summed E-state index contributed by atoms with van der Waals surface area (Å²) in [7, 11) is 0. The molecule has 1 saturated heterocycles. The number of nitrogens with two attached hydrogens (primary N) is 1. The van der Waals surface area contributed by atoms with E-state index in [1.165, 1.54) is 51.7 Å². The molecule has 0 aromatic heterocycles. The van der Waals surface area contributed by atoms with Gasteiger partial charge < -0.3 is 10.6 Å². The van der Waals surface area contributed by atoms with Crippen LogP contribution in [-0.4, -0.2) is 31.1 Å². The molecule has 0 amide bonds. The standard InChI is InChI=1S/C14H30N2/c1-4-13(12-15)6-10-16-9-5-7-14(2,3)8-11-16/h13H,4-12,15H2,1-3H3. The fraction of sp³-hybridized carbons (Fsp3) is 1.00. The zero-order chi connectivity index (χ0) is 12.0. The van der Waals surface area contributed by atoms with Crippen molar-refractivity contribution in [2.24, 2.45) is 17.1 Å². The molecule has 2 heteroatoms. The third kappa shape index (κ3) is 4.84. The molecule has 2 nitrogen and oxygen atoms in total. The van der Waals surface area contributed by atoms with E-state index >= 15 is 0 Å². The van der Waals surface area contributed by atoms with Crippen LogP contribution in [0.2, 0.25) is 0 Å². The minimum atomic E-state index is 0.562. The molecular formula is C14H30N2. The molecule has 0 radical (unpaired) electrons. The van der Waals surface area contributed by atoms with Gasteiger partial charge in [0.05, 0.1) is 0 Å². The summed E-state index contributed by atoms with van der Waals surface area (Å²) < 4.78 is 0. The summed E-state index contributed by atoms with van der Waals surface area (Å²) >= 11 is 0. The van der Waals surface area contributed by atoms with Crippen molar-refractivity contribution in [3.05, 3.63) is 0 Å². The van der Waals surface area contributed by atoms with Gasteiger partial charge in [0.2, 0.25) is 0 Å². The third-order valence-electron chi connectivity index (χ3n) is 4.20. The average Bonchev–Trinajstić information content (AvgIpc) is 2.41. The minimum Gasteiger partial charge on any atom is -0.330 e. The number of likely N-dealkylation sites (tertiary alicyclic amines) is 1. The van der Waals surface area contributed by atoms with Gasteiger partial charge in [0.25, 0.3) is 0 Å². The lowest BCUT2D eigenvalue weighted by molar-refractivity contribution is 0.244. The Bertz CT molecular complexity index is 185. The highest BCUT2D eigenvalue weighted by Gasteiger charge is 2.22. The van der Waals surface area contributed by atoms with Crippen LogP contribution in [0.4, 0.5) is 0 Å². The molecule has 96 valence electrons. The zero-order valence-corrected chi connectivity index (χ0v) is 11.5. The van der Waals surface area contributed by atoms with E-state index in [4.69, 9.17) is 5.73 Å². The molecule has 0 aromatic rings. The van der Waals surface area contributed by atoms with Crippen LogP contribution in [0.1, 0.15) is 52.9 Å². The van der Waals surface area contributed by atoms with E-state index in [1.807, 2.05) is 0 Å². The van der Waals surface area contributed by atoms with Crippen molar-refractivity contribution < 1.29 is 0 Å². The van der Waals surface area contributed by atoms with E-state index in [0.29, 0.717) is 5.41 Å². The molecular weight excluding hydrogens is 196 g/mol. The maximum Gasteiger partial charge on any atom is -0.00136 e. The minimum absolute atomic E-state index is 0.562. The van der Waals surface area contributed by atoms with Crippen molar-refractivity contribution in [3.8, 4) is 0 Å². The van der Waals surface area contributed by atoms with Crippen LogP contribution in [0.25, 0.3) is 0 Å². The number of nitrogens with zero attached hydrogens (tertiary/aromatic N) is 1. The monoisotopic (exact) mass is 226 g/mol. The van der Waals surface area contributed by atoms with Crippen molar-refractivity contribution in [3.63, 3.8) is 0 Å². The van der Waals surface area contributed by atoms with Crippen LogP contribution >= 0.6 is 0 Å². The molecule has 1 fully saturated rings. The van der Waals surface area contributed by atoms with Gasteiger partial charge in [-0.05, 0) is 63.2 Å². The molecule has 1 atom stereocenters. The van der Waals surface area contributed by atoms with E-state index in [9.17, 15) is 0 Å². The van der Waals surface area contributed by atoms with E-state index in [1.54, 1.807) is 0 Å². The van der Waals surface area contributed by atoms with Crippen molar-refractivity contribution in [2.45, 2.75) is 52.9 Å². The normalized spacial score (nSPS) is 24.0. The smallest absolute Gasteiger partial charge is 0.00136 e. The summed E-state index contributed by atoms with van der Waals surface area (Å²) in [6.07, 6.45) is 6.62. The molecule has 0 aromatic carbocycles.